The van der Waals surface area contributed by atoms with E-state index in [1.807, 2.05) is 39.8 Å². The number of nitrogens with zero attached hydrogens (tertiary/aromatic N) is 4. The van der Waals surface area contributed by atoms with Crippen LogP contribution in [0.15, 0.2) is 70.5 Å². The van der Waals surface area contributed by atoms with Gasteiger partial charge in [-0.2, -0.15) is 18.4 Å². The van der Waals surface area contributed by atoms with E-state index in [0.717, 1.165) is 68.2 Å². The Labute approximate surface area is 346 Å². The maximum absolute atomic E-state index is 17.6. The highest BCUT2D eigenvalue weighted by atomic mass is 32.1. The summed E-state index contributed by atoms with van der Waals surface area (Å²) in [5.41, 5.74) is -2.02. The van der Waals surface area contributed by atoms with Crippen LogP contribution < -0.4 is 0 Å². The molecule has 0 amide bonds. The summed E-state index contributed by atoms with van der Waals surface area (Å²) >= 11 is 1.01. The number of likely N-dealkylation sites (tertiary alicyclic amines) is 1. The maximum atomic E-state index is 17.6. The third-order valence-corrected chi connectivity index (χ3v) is 12.6. The topological polar surface area (TPSA) is 68.9 Å². The number of thiophene rings is 1. The third-order valence-electron chi connectivity index (χ3n) is 11.1. The second-order valence-electron chi connectivity index (χ2n) is 16.0. The van der Waals surface area contributed by atoms with Crippen LogP contribution in [0.25, 0.3) is 15.7 Å². The summed E-state index contributed by atoms with van der Waals surface area (Å²) in [6, 6.07) is 4.37. The molecule has 2 aromatic rings. The molecule has 2 aliphatic rings. The van der Waals surface area contributed by atoms with Crippen molar-refractivity contribution in [3.05, 3.63) is 87.3 Å². The number of allylic oxidation sites excluding steroid dienone is 8. The van der Waals surface area contributed by atoms with Gasteiger partial charge >= 0.3 is 6.18 Å². The molecule has 318 valence electrons. The van der Waals surface area contributed by atoms with E-state index >= 15 is 22.0 Å². The zero-order chi connectivity index (χ0) is 43.6. The largest absolute Gasteiger partial charge is 0.476 e. The molecule has 1 aromatic heterocycles. The van der Waals surface area contributed by atoms with Crippen LogP contribution in [0.1, 0.15) is 123 Å². The number of fused-ring (bicyclic) bond motifs is 1. The van der Waals surface area contributed by atoms with Crippen LogP contribution >= 0.6 is 11.3 Å². The number of ether oxygens (including phenoxy) is 1. The predicted octanol–water partition coefficient (Wildman–Crippen LogP) is 12.8. The minimum Gasteiger partial charge on any atom is -0.476 e. The van der Waals surface area contributed by atoms with Crippen LogP contribution in [0.5, 0.6) is 0 Å². The fourth-order valence-corrected chi connectivity index (χ4v) is 8.48. The van der Waals surface area contributed by atoms with Crippen molar-refractivity contribution in [2.45, 2.75) is 125 Å². The van der Waals surface area contributed by atoms with E-state index in [-0.39, 0.29) is 68.1 Å². The first kappa shape index (κ1) is 48.3. The number of alkyl halides is 3. The monoisotopic (exact) mass is 828 g/mol. The predicted molar refractivity (Wildman–Crippen MR) is 229 cm³/mol. The van der Waals surface area contributed by atoms with Crippen LogP contribution in [0.3, 0.4) is 0 Å². The summed E-state index contributed by atoms with van der Waals surface area (Å²) < 4.78 is 85.2. The number of hydrogen-bond acceptors (Lipinski definition) is 7. The van der Waals surface area contributed by atoms with Crippen molar-refractivity contribution in [2.24, 2.45) is 16.8 Å². The molecule has 1 fully saturated rings. The van der Waals surface area contributed by atoms with Crippen molar-refractivity contribution in [3.63, 3.8) is 0 Å². The summed E-state index contributed by atoms with van der Waals surface area (Å²) in [5.74, 6) is -1.35. The van der Waals surface area contributed by atoms with Gasteiger partial charge in [-0.15, -0.1) is 11.3 Å². The summed E-state index contributed by atoms with van der Waals surface area (Å²) in [5, 5.41) is 10.2. The zero-order valence-corrected chi connectivity index (χ0v) is 36.9. The Morgan fingerprint density at radius 1 is 1.16 bits per heavy atom. The normalized spacial score (nSPS) is 19.3. The van der Waals surface area contributed by atoms with Gasteiger partial charge in [0, 0.05) is 46.2 Å². The summed E-state index contributed by atoms with van der Waals surface area (Å²) in [7, 11) is 3.85. The number of nitriles is 1. The number of halogens is 5. The van der Waals surface area contributed by atoms with Crippen LogP contribution in [-0.4, -0.2) is 66.8 Å². The van der Waals surface area contributed by atoms with Gasteiger partial charge in [-0.25, -0.2) is 13.8 Å². The van der Waals surface area contributed by atoms with Crippen LogP contribution in [-0.2, 0) is 9.53 Å². The lowest BCUT2D eigenvalue weighted by Gasteiger charge is -2.36. The van der Waals surface area contributed by atoms with E-state index in [2.05, 4.69) is 45.2 Å². The Bertz CT molecular complexity index is 2000. The molecule has 0 N–H and O–H groups in total. The number of likely N-dealkylation sites (N-methyl/N-ethyl adjacent to an activating group) is 1. The molecule has 0 spiro atoms. The van der Waals surface area contributed by atoms with Crippen molar-refractivity contribution in [2.75, 3.05) is 27.2 Å². The molecule has 0 saturated carbocycles. The van der Waals surface area contributed by atoms with Gasteiger partial charge in [-0.3, -0.25) is 4.79 Å². The summed E-state index contributed by atoms with van der Waals surface area (Å²) in [6.07, 6.45) is 4.13. The Balaban J connectivity index is 0.00000169. The highest BCUT2D eigenvalue weighted by Gasteiger charge is 2.43. The second-order valence-corrected chi connectivity index (χ2v) is 17.0. The maximum Gasteiger partial charge on any atom is 0.417 e. The lowest BCUT2D eigenvalue weighted by atomic mass is 9.84. The van der Waals surface area contributed by atoms with Crippen LogP contribution in [0.2, 0.25) is 0 Å². The molecular formula is C46H61F5N4O2S. The quantitative estimate of drug-likeness (QED) is 0.102. The average molecular weight is 829 g/mol. The number of rotatable bonds is 15. The molecule has 1 aromatic carbocycles. The minimum atomic E-state index is -5.01. The standard InChI is InChI=1S/C42H55F5N4OS.C4H6O/c1-11-14-35(52-23-28-15-13-20-50(28)9)49-39-30(27(8)51(10)34(24(3)4)19-16-26(7)12-2)21-32(42(45,46)47)37(38(39)44)29-17-18-33(43)41-36(29)31(22-48)40(53-41)25(5)6;1-3-4(2)5/h14,17-18,21,24-26,28,34H,11-13,15-16,19-20,23H2,1-10H3;3H,1H2,2H3/b30-27+,35-14-,49-39+;. The average Bonchev–Trinajstić information content (AvgIpc) is 3.77. The first-order valence-corrected chi connectivity index (χ1v) is 21.1. The first-order valence-electron chi connectivity index (χ1n) is 20.3. The Kier molecular flexibility index (Phi) is 17.7. The van der Waals surface area contributed by atoms with Gasteiger partial charge in [0.05, 0.1) is 15.8 Å². The van der Waals surface area contributed by atoms with Gasteiger partial charge in [-0.1, -0.05) is 67.5 Å². The Morgan fingerprint density at radius 2 is 1.81 bits per heavy atom. The smallest absolute Gasteiger partial charge is 0.417 e. The Morgan fingerprint density at radius 3 is 2.31 bits per heavy atom. The molecule has 1 saturated heterocycles. The number of hydrogen-bond donors (Lipinski definition) is 0. The van der Waals surface area contributed by atoms with E-state index in [1.54, 1.807) is 13.0 Å². The van der Waals surface area contributed by atoms with Gasteiger partial charge in [0.15, 0.2) is 11.6 Å². The van der Waals surface area contributed by atoms with E-state index in [0.29, 0.717) is 29.5 Å². The molecule has 1 aliphatic heterocycles. The van der Waals surface area contributed by atoms with Gasteiger partial charge < -0.3 is 14.5 Å². The number of benzene rings is 1. The molecule has 3 atom stereocenters. The van der Waals surface area contributed by atoms with Crippen molar-refractivity contribution in [1.82, 2.24) is 9.80 Å². The summed E-state index contributed by atoms with van der Waals surface area (Å²) in [4.78, 5) is 19.1. The van der Waals surface area contributed by atoms with E-state index in [9.17, 15) is 10.1 Å². The third kappa shape index (κ3) is 11.6. The highest BCUT2D eigenvalue weighted by Crippen LogP contribution is 2.49. The molecule has 1 aliphatic carbocycles. The van der Waals surface area contributed by atoms with Gasteiger partial charge in [0.1, 0.15) is 24.2 Å². The van der Waals surface area contributed by atoms with E-state index in [4.69, 9.17) is 9.73 Å². The van der Waals surface area contributed by atoms with Crippen molar-refractivity contribution < 1.29 is 31.5 Å². The van der Waals surface area contributed by atoms with E-state index < -0.39 is 29.0 Å². The minimum absolute atomic E-state index is 0.00842. The number of aliphatic imine (C=N–C) groups is 1. The fourth-order valence-electron chi connectivity index (χ4n) is 7.29. The van der Waals surface area contributed by atoms with Crippen molar-refractivity contribution in [1.29, 1.82) is 5.26 Å². The molecule has 0 radical (unpaired) electrons. The number of ketones is 1. The van der Waals surface area contributed by atoms with Gasteiger partial charge in [0.25, 0.3) is 0 Å². The van der Waals surface area contributed by atoms with Gasteiger partial charge in [-0.05, 0) is 107 Å². The molecule has 4 rings (SSSR count). The molecule has 0 bridgehead atoms. The number of carbonyl (C=O) groups is 1. The summed E-state index contributed by atoms with van der Waals surface area (Å²) in [6.45, 7) is 21.6. The fraction of sp³-hybridized carbons (Fsp3) is 0.543. The van der Waals surface area contributed by atoms with Crippen LogP contribution in [0.4, 0.5) is 22.0 Å². The van der Waals surface area contributed by atoms with E-state index in [1.165, 1.54) is 13.0 Å². The zero-order valence-electron chi connectivity index (χ0n) is 36.0. The second kappa shape index (κ2) is 21.3. The lowest BCUT2D eigenvalue weighted by Crippen LogP contribution is -2.36. The van der Waals surface area contributed by atoms with Crippen molar-refractivity contribution in [3.8, 4) is 6.07 Å². The first-order chi connectivity index (χ1) is 27.2. The molecule has 3 unspecified atom stereocenters. The van der Waals surface area contributed by atoms with Crippen molar-refractivity contribution >= 4 is 38.5 Å². The highest BCUT2D eigenvalue weighted by molar-refractivity contribution is 7.19. The SMILES string of the molecule is C=CC(C)=O.CC/C=C(/N=C1/C(F)=C(c2ccc(F)c3sc(C(C)C)c(C#N)c23)C(C(F)(F)F)=C/C1=C(/C)N(C)C(CCC(C)CC)C(C)C)OCC1CCCN1C. The molecule has 6 nitrogen and oxygen atoms in total. The lowest BCUT2D eigenvalue weighted by molar-refractivity contribution is -0.112. The molecule has 58 heavy (non-hydrogen) atoms. The number of carbonyl (C=O) groups excluding carboxylic acids is 1. The Hall–Kier alpha value is -4.08. The van der Waals surface area contributed by atoms with Crippen LogP contribution in [0, 0.1) is 29.0 Å². The molecule has 2 heterocycles. The molecular weight excluding hydrogens is 768 g/mol. The molecule has 12 heteroatoms. The van der Waals surface area contributed by atoms with Gasteiger partial charge in [0.2, 0.25) is 5.88 Å².